The number of hydrogen-bond acceptors (Lipinski definition) is 10. The molecule has 2 aromatic rings. The van der Waals surface area contributed by atoms with Crippen LogP contribution in [0.1, 0.15) is 13.2 Å². The number of amides is 1. The molecule has 1 fully saturated rings. The smallest absolute Gasteiger partial charge is 0.322 e. The van der Waals surface area contributed by atoms with Crippen molar-refractivity contribution in [2.24, 2.45) is 0 Å². The molecular weight excluding hydrogens is 431 g/mol. The number of aromatic nitrogens is 4. The number of hydrogen-bond donors (Lipinski definition) is 7. The molecule has 29 heavy (non-hydrogen) atoms. The Labute approximate surface area is 168 Å². The number of nitrogens with one attached hydrogen (secondary N) is 2. The van der Waals surface area contributed by atoms with Gasteiger partial charge in [0.1, 0.15) is 18.3 Å². The van der Waals surface area contributed by atoms with Gasteiger partial charge in [0.05, 0.1) is 12.9 Å². The standard InChI is InChI=1S/C10H14N5O7PS.C3H7NO/c11-10-13-7-4(8(18)14-10)12-2-15(7)9-5(17)6(3(1-16)21-9)22-23(19,20)24;1-3(5)4-2/h2-3,5-6,9,16-17H,1H2,(H2,19,20,24)(H3,11,13,14,18);1-2H3,(H,4,5)/t3-,5-,6-,9-;/m1./s1. The molecule has 0 aliphatic carbocycles. The SMILES string of the molecule is CNC(C)=O.Nc1nc2c(ncn2[C@@H]2O[C@H](CO)[C@@H](OP(O)(O)=S)[C@H]2O)c(=O)[nH]1. The van der Waals surface area contributed by atoms with Crippen molar-refractivity contribution in [3.8, 4) is 0 Å². The number of nitrogens with two attached hydrogens (primary N) is 1. The van der Waals surface area contributed by atoms with Crippen molar-refractivity contribution >= 4 is 41.5 Å². The molecule has 0 radical (unpaired) electrons. The molecule has 1 aliphatic heterocycles. The number of ether oxygens (including phenoxy) is 1. The van der Waals surface area contributed by atoms with E-state index >= 15 is 0 Å². The van der Waals surface area contributed by atoms with Crippen LogP contribution in [0.15, 0.2) is 11.1 Å². The average molecular weight is 452 g/mol. The summed E-state index contributed by atoms with van der Waals surface area (Å²) in [7, 11) is 1.60. The van der Waals surface area contributed by atoms with Gasteiger partial charge in [-0.25, -0.2) is 4.98 Å². The summed E-state index contributed by atoms with van der Waals surface area (Å²) in [5.74, 6) is -0.153. The summed E-state index contributed by atoms with van der Waals surface area (Å²) in [5, 5.41) is 22.1. The predicted molar refractivity (Wildman–Crippen MR) is 103 cm³/mol. The molecule has 1 amide bonds. The second kappa shape index (κ2) is 9.23. The van der Waals surface area contributed by atoms with Crippen LogP contribution in [0.25, 0.3) is 11.2 Å². The number of H-pyrrole nitrogens is 1. The first-order valence-electron chi connectivity index (χ1n) is 8.07. The van der Waals surface area contributed by atoms with Crippen molar-refractivity contribution in [3.05, 3.63) is 16.7 Å². The van der Waals surface area contributed by atoms with E-state index in [-0.39, 0.29) is 23.0 Å². The molecule has 3 rings (SSSR count). The molecule has 3 heterocycles. The summed E-state index contributed by atoms with van der Waals surface area (Å²) < 4.78 is 11.6. The predicted octanol–water partition coefficient (Wildman–Crippen LogP) is -2.70. The molecule has 2 aromatic heterocycles. The van der Waals surface area contributed by atoms with Gasteiger partial charge in [0.25, 0.3) is 5.56 Å². The lowest BCUT2D eigenvalue weighted by atomic mass is 10.1. The van der Waals surface area contributed by atoms with Crippen LogP contribution in [0.5, 0.6) is 0 Å². The normalized spacial score (nSPS) is 24.2. The van der Waals surface area contributed by atoms with Crippen molar-refractivity contribution in [2.75, 3.05) is 19.4 Å². The summed E-state index contributed by atoms with van der Waals surface area (Å²) in [4.78, 5) is 50.2. The highest BCUT2D eigenvalue weighted by Gasteiger charge is 2.47. The number of rotatable bonds is 4. The number of carbonyl (C=O) groups excluding carboxylic acids is 1. The number of aromatic amines is 1. The molecule has 8 N–H and O–H groups in total. The third-order valence-electron chi connectivity index (χ3n) is 3.83. The summed E-state index contributed by atoms with van der Waals surface area (Å²) >= 11 is 4.38. The Morgan fingerprint density at radius 2 is 2.17 bits per heavy atom. The molecule has 16 heteroatoms. The van der Waals surface area contributed by atoms with Gasteiger partial charge in [0, 0.05) is 14.0 Å². The van der Waals surface area contributed by atoms with Gasteiger partial charge in [-0.1, -0.05) is 0 Å². The number of carbonyl (C=O) groups is 1. The molecule has 162 valence electrons. The van der Waals surface area contributed by atoms with Crippen molar-refractivity contribution in [3.63, 3.8) is 0 Å². The minimum absolute atomic E-state index is 0.00463. The van der Waals surface area contributed by atoms with Crippen molar-refractivity contribution in [2.45, 2.75) is 31.5 Å². The Morgan fingerprint density at radius 1 is 1.55 bits per heavy atom. The van der Waals surface area contributed by atoms with Crippen molar-refractivity contribution < 1.29 is 34.1 Å². The second-order valence-electron chi connectivity index (χ2n) is 5.88. The van der Waals surface area contributed by atoms with Gasteiger partial charge in [0.2, 0.25) is 11.9 Å². The van der Waals surface area contributed by atoms with Crippen LogP contribution in [-0.2, 0) is 25.9 Å². The third kappa shape index (κ3) is 5.55. The van der Waals surface area contributed by atoms with Crippen molar-refractivity contribution in [1.29, 1.82) is 0 Å². The molecule has 1 aliphatic rings. The molecule has 0 aromatic carbocycles. The highest BCUT2D eigenvalue weighted by molar-refractivity contribution is 8.06. The van der Waals surface area contributed by atoms with Crippen LogP contribution < -0.4 is 16.6 Å². The zero-order chi connectivity index (χ0) is 21.9. The van der Waals surface area contributed by atoms with E-state index in [1.807, 2.05) is 0 Å². The van der Waals surface area contributed by atoms with Crippen LogP contribution in [0.2, 0.25) is 0 Å². The van der Waals surface area contributed by atoms with Crippen LogP contribution in [0, 0.1) is 0 Å². The summed E-state index contributed by atoms with van der Waals surface area (Å²) in [6.45, 7) is -3.20. The second-order valence-corrected chi connectivity index (χ2v) is 8.50. The van der Waals surface area contributed by atoms with Crippen LogP contribution in [0.3, 0.4) is 0 Å². The van der Waals surface area contributed by atoms with Crippen LogP contribution in [-0.4, -0.2) is 77.4 Å². The fraction of sp³-hybridized carbons (Fsp3) is 0.538. The minimum atomic E-state index is -4.10. The summed E-state index contributed by atoms with van der Waals surface area (Å²) in [6, 6.07) is 0. The van der Waals surface area contributed by atoms with E-state index < -0.39 is 43.4 Å². The lowest BCUT2D eigenvalue weighted by molar-refractivity contribution is -0.118. The first kappa shape index (κ1) is 23.3. The molecular formula is C13H21N6O8PS. The van der Waals surface area contributed by atoms with Gasteiger partial charge in [-0.2, -0.15) is 4.98 Å². The van der Waals surface area contributed by atoms with Crippen LogP contribution in [0.4, 0.5) is 5.95 Å². The monoisotopic (exact) mass is 452 g/mol. The first-order chi connectivity index (χ1) is 13.5. The summed E-state index contributed by atoms with van der Waals surface area (Å²) in [6.07, 6.45) is -3.78. The highest BCUT2D eigenvalue weighted by Crippen LogP contribution is 2.44. The Hall–Kier alpha value is -1.97. The molecule has 0 saturated carbocycles. The number of fused-ring (bicyclic) bond motifs is 1. The van der Waals surface area contributed by atoms with E-state index in [1.165, 1.54) is 17.8 Å². The number of aliphatic hydroxyl groups is 2. The number of aliphatic hydroxyl groups excluding tert-OH is 2. The van der Waals surface area contributed by atoms with E-state index in [0.29, 0.717) is 0 Å². The number of nitrogens with zero attached hydrogens (tertiary/aromatic N) is 3. The van der Waals surface area contributed by atoms with Gasteiger partial charge in [0.15, 0.2) is 17.4 Å². The zero-order valence-corrected chi connectivity index (χ0v) is 17.0. The topological polar surface area (TPSA) is 218 Å². The lowest BCUT2D eigenvalue weighted by Gasteiger charge is -2.21. The number of anilines is 1. The fourth-order valence-electron chi connectivity index (χ4n) is 2.51. The first-order valence-corrected chi connectivity index (χ1v) is 10.7. The van der Waals surface area contributed by atoms with Gasteiger partial charge >= 0.3 is 6.72 Å². The highest BCUT2D eigenvalue weighted by atomic mass is 32.5. The van der Waals surface area contributed by atoms with Gasteiger partial charge in [-0.15, -0.1) is 0 Å². The molecule has 0 bridgehead atoms. The van der Waals surface area contributed by atoms with E-state index in [0.717, 1.165) is 0 Å². The zero-order valence-electron chi connectivity index (χ0n) is 15.3. The largest absolute Gasteiger partial charge is 0.394 e. The van der Waals surface area contributed by atoms with Gasteiger partial charge < -0.3 is 35.8 Å². The van der Waals surface area contributed by atoms with E-state index in [2.05, 4.69) is 32.1 Å². The molecule has 4 atom stereocenters. The maximum atomic E-state index is 11.8. The average Bonchev–Trinajstić information content (AvgIpc) is 3.16. The van der Waals surface area contributed by atoms with E-state index in [9.17, 15) is 29.6 Å². The third-order valence-corrected chi connectivity index (χ3v) is 4.60. The number of nitrogen functional groups attached to an aromatic ring is 1. The Kier molecular flexibility index (Phi) is 7.42. The number of imidazole rings is 1. The molecule has 14 nitrogen and oxygen atoms in total. The van der Waals surface area contributed by atoms with Gasteiger partial charge in [-0.3, -0.25) is 23.7 Å². The van der Waals surface area contributed by atoms with E-state index in [1.54, 1.807) is 7.05 Å². The lowest BCUT2D eigenvalue weighted by Crippen LogP contribution is -2.35. The fourth-order valence-corrected chi connectivity index (χ4v) is 3.39. The summed E-state index contributed by atoms with van der Waals surface area (Å²) in [5.41, 5.74) is 4.94. The Morgan fingerprint density at radius 3 is 2.69 bits per heavy atom. The Bertz CT molecular complexity index is 976. The van der Waals surface area contributed by atoms with E-state index in [4.69, 9.17) is 15.0 Å². The molecule has 1 saturated heterocycles. The molecule has 0 unspecified atom stereocenters. The maximum Gasteiger partial charge on any atom is 0.322 e. The molecule has 0 spiro atoms. The van der Waals surface area contributed by atoms with Gasteiger partial charge in [-0.05, 0) is 11.8 Å². The minimum Gasteiger partial charge on any atom is -0.394 e. The Balaban J connectivity index is 0.000000537. The van der Waals surface area contributed by atoms with Crippen molar-refractivity contribution in [1.82, 2.24) is 24.8 Å². The quantitative estimate of drug-likeness (QED) is 0.236. The maximum absolute atomic E-state index is 11.8. The van der Waals surface area contributed by atoms with Crippen LogP contribution >= 0.6 is 6.72 Å².